The molecule has 18 heavy (non-hydrogen) atoms. The summed E-state index contributed by atoms with van der Waals surface area (Å²) in [5, 5.41) is 8.02. The predicted octanol–water partition coefficient (Wildman–Crippen LogP) is 3.45. The molecule has 0 aliphatic heterocycles. The van der Waals surface area contributed by atoms with Gasteiger partial charge in [0.15, 0.2) is 0 Å². The Kier molecular flexibility index (Phi) is 4.10. The molecular weight excluding hydrogens is 266 g/mol. The topological polar surface area (TPSA) is 29.9 Å². The first-order chi connectivity index (χ1) is 8.54. The van der Waals surface area contributed by atoms with Crippen LogP contribution in [0.25, 0.3) is 0 Å². The third kappa shape index (κ3) is 2.46. The molecule has 2 heterocycles. The van der Waals surface area contributed by atoms with Gasteiger partial charge < -0.3 is 5.32 Å². The minimum atomic E-state index is 0.182. The van der Waals surface area contributed by atoms with Gasteiger partial charge in [0.2, 0.25) is 0 Å². The number of hydrogen-bond donors (Lipinski definition) is 1. The van der Waals surface area contributed by atoms with Gasteiger partial charge in [0.05, 0.1) is 16.1 Å². The summed E-state index contributed by atoms with van der Waals surface area (Å²) in [7, 11) is 1.98. The van der Waals surface area contributed by atoms with Crippen molar-refractivity contribution in [3.63, 3.8) is 0 Å². The van der Waals surface area contributed by atoms with E-state index in [1.54, 1.807) is 11.3 Å². The zero-order chi connectivity index (χ0) is 13.3. The standard InChI is InChI=1S/C13H18ClN3S/c1-5-15-13(10-6-7-11(14)18-10)12-8(2)16-17(4)9(12)3/h6-7,13,15H,5H2,1-4H3. The first-order valence-electron chi connectivity index (χ1n) is 6.03. The number of nitrogens with zero attached hydrogens (tertiary/aromatic N) is 2. The Morgan fingerprint density at radius 3 is 2.61 bits per heavy atom. The summed E-state index contributed by atoms with van der Waals surface area (Å²) in [6.45, 7) is 7.19. The van der Waals surface area contributed by atoms with Gasteiger partial charge in [0.25, 0.3) is 0 Å². The molecule has 2 rings (SSSR count). The third-order valence-electron chi connectivity index (χ3n) is 3.14. The fraction of sp³-hybridized carbons (Fsp3) is 0.462. The highest BCUT2D eigenvalue weighted by atomic mass is 35.5. The van der Waals surface area contributed by atoms with Crippen LogP contribution in [0.2, 0.25) is 4.34 Å². The van der Waals surface area contributed by atoms with Crippen LogP contribution in [0.4, 0.5) is 0 Å². The van der Waals surface area contributed by atoms with Gasteiger partial charge in [-0.1, -0.05) is 18.5 Å². The molecule has 0 aliphatic carbocycles. The number of aryl methyl sites for hydroxylation is 2. The molecule has 0 saturated carbocycles. The second-order valence-corrected chi connectivity index (χ2v) is 6.09. The van der Waals surface area contributed by atoms with Crippen LogP contribution in [-0.2, 0) is 7.05 Å². The number of nitrogens with one attached hydrogen (secondary N) is 1. The summed E-state index contributed by atoms with van der Waals surface area (Å²) in [5.74, 6) is 0. The quantitative estimate of drug-likeness (QED) is 0.931. The minimum Gasteiger partial charge on any atom is -0.306 e. The van der Waals surface area contributed by atoms with Crippen LogP contribution >= 0.6 is 22.9 Å². The van der Waals surface area contributed by atoms with E-state index in [1.807, 2.05) is 17.8 Å². The Bertz CT molecular complexity index is 544. The van der Waals surface area contributed by atoms with Gasteiger partial charge in [-0.25, -0.2) is 0 Å². The highest BCUT2D eigenvalue weighted by molar-refractivity contribution is 7.16. The normalized spacial score (nSPS) is 12.9. The fourth-order valence-corrected chi connectivity index (χ4v) is 3.39. The number of rotatable bonds is 4. The van der Waals surface area contributed by atoms with Gasteiger partial charge in [-0.2, -0.15) is 5.10 Å². The van der Waals surface area contributed by atoms with Gasteiger partial charge in [-0.3, -0.25) is 4.68 Å². The van der Waals surface area contributed by atoms with E-state index in [0.717, 1.165) is 16.6 Å². The summed E-state index contributed by atoms with van der Waals surface area (Å²) in [4.78, 5) is 1.24. The lowest BCUT2D eigenvalue weighted by Crippen LogP contribution is -2.22. The Hall–Kier alpha value is -0.840. The van der Waals surface area contributed by atoms with E-state index in [2.05, 4.69) is 37.3 Å². The van der Waals surface area contributed by atoms with Crippen LogP contribution in [0.1, 0.15) is 34.8 Å². The lowest BCUT2D eigenvalue weighted by Gasteiger charge is -2.17. The average Bonchev–Trinajstić information content (AvgIpc) is 2.83. The summed E-state index contributed by atoms with van der Waals surface area (Å²) in [6.07, 6.45) is 0. The molecule has 0 amide bonds. The summed E-state index contributed by atoms with van der Waals surface area (Å²) in [6, 6.07) is 4.22. The number of aromatic nitrogens is 2. The van der Waals surface area contributed by atoms with Crippen molar-refractivity contribution in [2.24, 2.45) is 7.05 Å². The van der Waals surface area contributed by atoms with Crippen LogP contribution in [0, 0.1) is 13.8 Å². The molecule has 1 N–H and O–H groups in total. The molecule has 0 aromatic carbocycles. The van der Waals surface area contributed by atoms with Gasteiger partial charge in [-0.15, -0.1) is 11.3 Å². The van der Waals surface area contributed by atoms with E-state index >= 15 is 0 Å². The molecule has 0 saturated heterocycles. The zero-order valence-corrected chi connectivity index (χ0v) is 12.7. The molecule has 2 aromatic rings. The molecule has 0 bridgehead atoms. The van der Waals surface area contributed by atoms with Crippen LogP contribution in [0.5, 0.6) is 0 Å². The van der Waals surface area contributed by atoms with Crippen molar-refractivity contribution in [1.29, 1.82) is 0 Å². The molecule has 98 valence electrons. The maximum atomic E-state index is 6.05. The third-order valence-corrected chi connectivity index (χ3v) is 4.44. The van der Waals surface area contributed by atoms with Crippen molar-refractivity contribution in [3.05, 3.63) is 38.3 Å². The lowest BCUT2D eigenvalue weighted by atomic mass is 10.0. The van der Waals surface area contributed by atoms with E-state index in [4.69, 9.17) is 11.6 Å². The van der Waals surface area contributed by atoms with Crippen molar-refractivity contribution in [2.75, 3.05) is 6.54 Å². The van der Waals surface area contributed by atoms with E-state index in [1.165, 1.54) is 16.1 Å². The van der Waals surface area contributed by atoms with Crippen LogP contribution < -0.4 is 5.32 Å². The largest absolute Gasteiger partial charge is 0.306 e. The monoisotopic (exact) mass is 283 g/mol. The predicted molar refractivity (Wildman–Crippen MR) is 77.5 cm³/mol. The van der Waals surface area contributed by atoms with Crippen molar-refractivity contribution in [1.82, 2.24) is 15.1 Å². The Morgan fingerprint density at radius 2 is 2.17 bits per heavy atom. The Labute approximate surface area is 117 Å². The van der Waals surface area contributed by atoms with Gasteiger partial charge in [0, 0.05) is 23.2 Å². The lowest BCUT2D eigenvalue weighted by molar-refractivity contribution is 0.631. The zero-order valence-electron chi connectivity index (χ0n) is 11.1. The maximum absolute atomic E-state index is 6.05. The smallest absolute Gasteiger partial charge is 0.0931 e. The van der Waals surface area contributed by atoms with Crippen LogP contribution in [0.3, 0.4) is 0 Å². The molecule has 0 fully saturated rings. The van der Waals surface area contributed by atoms with E-state index < -0.39 is 0 Å². The number of halogens is 1. The molecule has 2 aromatic heterocycles. The molecule has 0 spiro atoms. The van der Waals surface area contributed by atoms with E-state index in [-0.39, 0.29) is 6.04 Å². The van der Waals surface area contributed by atoms with Crippen molar-refractivity contribution < 1.29 is 0 Å². The van der Waals surface area contributed by atoms with Gasteiger partial charge in [0.1, 0.15) is 0 Å². The first kappa shape index (κ1) is 13.6. The summed E-state index contributed by atoms with van der Waals surface area (Å²) < 4.78 is 2.76. The van der Waals surface area contributed by atoms with Crippen molar-refractivity contribution >= 4 is 22.9 Å². The Balaban J connectivity index is 2.47. The minimum absolute atomic E-state index is 0.182. The molecule has 3 nitrogen and oxygen atoms in total. The fourth-order valence-electron chi connectivity index (χ4n) is 2.24. The van der Waals surface area contributed by atoms with Crippen molar-refractivity contribution in [2.45, 2.75) is 26.8 Å². The van der Waals surface area contributed by atoms with E-state index in [9.17, 15) is 0 Å². The van der Waals surface area contributed by atoms with E-state index in [0.29, 0.717) is 0 Å². The summed E-state index contributed by atoms with van der Waals surface area (Å²) in [5.41, 5.74) is 3.53. The SMILES string of the molecule is CCNC(c1ccc(Cl)s1)c1c(C)nn(C)c1C. The molecule has 1 unspecified atom stereocenters. The van der Waals surface area contributed by atoms with Gasteiger partial charge in [-0.05, 0) is 32.5 Å². The maximum Gasteiger partial charge on any atom is 0.0931 e. The second kappa shape index (κ2) is 5.43. The molecule has 1 atom stereocenters. The molecule has 0 radical (unpaired) electrons. The molecular formula is C13H18ClN3S. The second-order valence-electron chi connectivity index (χ2n) is 4.34. The Morgan fingerprint density at radius 1 is 1.44 bits per heavy atom. The van der Waals surface area contributed by atoms with Crippen LogP contribution in [0.15, 0.2) is 12.1 Å². The highest BCUT2D eigenvalue weighted by Crippen LogP contribution is 2.33. The van der Waals surface area contributed by atoms with Gasteiger partial charge >= 0.3 is 0 Å². The highest BCUT2D eigenvalue weighted by Gasteiger charge is 2.22. The number of thiophene rings is 1. The van der Waals surface area contributed by atoms with Crippen LogP contribution in [-0.4, -0.2) is 16.3 Å². The summed E-state index contributed by atoms with van der Waals surface area (Å²) >= 11 is 7.67. The average molecular weight is 284 g/mol. The molecule has 0 aliphatic rings. The first-order valence-corrected chi connectivity index (χ1v) is 7.22. The number of hydrogen-bond acceptors (Lipinski definition) is 3. The molecule has 5 heteroatoms. The van der Waals surface area contributed by atoms with Crippen molar-refractivity contribution in [3.8, 4) is 0 Å².